The van der Waals surface area contributed by atoms with Crippen molar-refractivity contribution in [3.63, 3.8) is 0 Å². The molecular weight excluding hydrogens is 378 g/mol. The topological polar surface area (TPSA) is 73.1 Å². The molecule has 0 aliphatic rings. The van der Waals surface area contributed by atoms with Crippen LogP contribution in [0.5, 0.6) is 0 Å². The lowest BCUT2D eigenvalue weighted by molar-refractivity contribution is -0.116. The number of benzene rings is 2. The number of hydrogen-bond acceptors (Lipinski definition) is 3. The number of anilines is 1. The van der Waals surface area contributed by atoms with Crippen LogP contribution in [0.4, 0.5) is 5.69 Å². The standard InChI is InChI=1S/C21H22ClN3O3/c1-13(2)11-25-20(27)15-6-4-5-7-18(15)24(21(25)28)12-19(26)23-17-9-8-14(3)10-16(17)22/h4-10,13H,11-12H2,1-3H3,(H,23,26). The zero-order chi connectivity index (χ0) is 20.4. The lowest BCUT2D eigenvalue weighted by Crippen LogP contribution is -2.42. The largest absolute Gasteiger partial charge is 0.331 e. The van der Waals surface area contributed by atoms with E-state index in [9.17, 15) is 14.4 Å². The van der Waals surface area contributed by atoms with Crippen LogP contribution in [0.25, 0.3) is 10.9 Å². The zero-order valence-corrected chi connectivity index (χ0v) is 16.8. The minimum Gasteiger partial charge on any atom is -0.323 e. The third kappa shape index (κ3) is 4.02. The molecule has 0 spiro atoms. The van der Waals surface area contributed by atoms with Gasteiger partial charge in [-0.25, -0.2) is 4.79 Å². The van der Waals surface area contributed by atoms with Crippen LogP contribution < -0.4 is 16.6 Å². The SMILES string of the molecule is Cc1ccc(NC(=O)Cn2c(=O)n(CC(C)C)c(=O)c3ccccc32)c(Cl)c1. The van der Waals surface area contributed by atoms with Gasteiger partial charge in [0.15, 0.2) is 0 Å². The maximum absolute atomic E-state index is 13.0. The minimum absolute atomic E-state index is 0.111. The van der Waals surface area contributed by atoms with E-state index < -0.39 is 11.6 Å². The summed E-state index contributed by atoms with van der Waals surface area (Å²) in [6.45, 7) is 5.83. The van der Waals surface area contributed by atoms with Crippen molar-refractivity contribution in [3.05, 3.63) is 73.9 Å². The molecular formula is C21H22ClN3O3. The van der Waals surface area contributed by atoms with E-state index in [1.165, 1.54) is 9.13 Å². The Kier molecular flexibility index (Phi) is 5.70. The van der Waals surface area contributed by atoms with Crippen LogP contribution in [0.1, 0.15) is 19.4 Å². The lowest BCUT2D eigenvalue weighted by Gasteiger charge is -2.15. The molecule has 3 aromatic rings. The number of hydrogen-bond donors (Lipinski definition) is 1. The molecule has 0 bridgehead atoms. The van der Waals surface area contributed by atoms with Gasteiger partial charge in [0, 0.05) is 6.54 Å². The lowest BCUT2D eigenvalue weighted by atomic mass is 10.2. The number of fused-ring (bicyclic) bond motifs is 1. The minimum atomic E-state index is -0.498. The highest BCUT2D eigenvalue weighted by molar-refractivity contribution is 6.33. The Balaban J connectivity index is 2.03. The van der Waals surface area contributed by atoms with Crippen LogP contribution in [0.15, 0.2) is 52.1 Å². The van der Waals surface area contributed by atoms with E-state index in [0.717, 1.165) is 5.56 Å². The van der Waals surface area contributed by atoms with Gasteiger partial charge < -0.3 is 5.32 Å². The van der Waals surface area contributed by atoms with Gasteiger partial charge >= 0.3 is 5.69 Å². The molecule has 1 amide bonds. The number of aromatic nitrogens is 2. The number of nitrogens with zero attached hydrogens (tertiary/aromatic N) is 2. The predicted molar refractivity (Wildman–Crippen MR) is 112 cm³/mol. The first-order chi connectivity index (χ1) is 13.3. The van der Waals surface area contributed by atoms with Gasteiger partial charge in [-0.2, -0.15) is 0 Å². The molecule has 146 valence electrons. The summed E-state index contributed by atoms with van der Waals surface area (Å²) >= 11 is 6.18. The van der Waals surface area contributed by atoms with Crippen LogP contribution in [0.2, 0.25) is 5.02 Å². The van der Waals surface area contributed by atoms with Gasteiger partial charge in [0.25, 0.3) is 5.56 Å². The molecule has 2 aromatic carbocycles. The van der Waals surface area contributed by atoms with Crippen LogP contribution >= 0.6 is 11.6 Å². The summed E-state index contributed by atoms with van der Waals surface area (Å²) in [5, 5.41) is 3.57. The summed E-state index contributed by atoms with van der Waals surface area (Å²) in [6.07, 6.45) is 0. The second kappa shape index (κ2) is 8.02. The Morgan fingerprint density at radius 2 is 1.82 bits per heavy atom. The number of halogens is 1. The van der Waals surface area contributed by atoms with Crippen molar-refractivity contribution in [3.8, 4) is 0 Å². The molecule has 7 heteroatoms. The van der Waals surface area contributed by atoms with Crippen molar-refractivity contribution in [2.45, 2.75) is 33.9 Å². The number of amides is 1. The molecule has 0 radical (unpaired) electrons. The quantitative estimate of drug-likeness (QED) is 0.714. The van der Waals surface area contributed by atoms with Gasteiger partial charge in [0.05, 0.1) is 21.6 Å². The van der Waals surface area contributed by atoms with E-state index in [2.05, 4.69) is 5.32 Å². The molecule has 3 rings (SSSR count). The van der Waals surface area contributed by atoms with E-state index in [-0.39, 0.29) is 24.6 Å². The van der Waals surface area contributed by atoms with Crippen LogP contribution in [-0.4, -0.2) is 15.0 Å². The Labute approximate surface area is 167 Å². The van der Waals surface area contributed by atoms with Crippen molar-refractivity contribution in [1.29, 1.82) is 0 Å². The Hall–Kier alpha value is -2.86. The fourth-order valence-electron chi connectivity index (χ4n) is 3.10. The number of carbonyl (C=O) groups is 1. The van der Waals surface area contributed by atoms with Gasteiger partial charge in [0.2, 0.25) is 5.91 Å². The molecule has 0 saturated heterocycles. The fourth-order valence-corrected chi connectivity index (χ4v) is 3.39. The molecule has 0 saturated carbocycles. The second-order valence-electron chi connectivity index (χ2n) is 7.23. The summed E-state index contributed by atoms with van der Waals surface area (Å²) in [4.78, 5) is 38.3. The number of carbonyl (C=O) groups excluding carboxylic acids is 1. The van der Waals surface area contributed by atoms with Gasteiger partial charge in [0.1, 0.15) is 6.54 Å². The van der Waals surface area contributed by atoms with Crippen molar-refractivity contribution >= 4 is 34.1 Å². The highest BCUT2D eigenvalue weighted by Gasteiger charge is 2.16. The molecule has 1 N–H and O–H groups in total. The molecule has 1 aromatic heterocycles. The average molecular weight is 400 g/mol. The first kappa shape index (κ1) is 19.9. The molecule has 0 fully saturated rings. The van der Waals surface area contributed by atoms with E-state index in [1.807, 2.05) is 26.8 Å². The number of aryl methyl sites for hydroxylation is 1. The summed E-state index contributed by atoms with van der Waals surface area (Å²) in [5.41, 5.74) is 1.05. The third-order valence-corrected chi connectivity index (χ3v) is 4.69. The number of rotatable bonds is 5. The highest BCUT2D eigenvalue weighted by Crippen LogP contribution is 2.22. The fraction of sp³-hybridized carbons (Fsp3) is 0.286. The monoisotopic (exact) mass is 399 g/mol. The first-order valence-corrected chi connectivity index (χ1v) is 9.44. The molecule has 1 heterocycles. The normalized spacial score (nSPS) is 11.2. The van der Waals surface area contributed by atoms with Gasteiger partial charge in [-0.15, -0.1) is 0 Å². The van der Waals surface area contributed by atoms with Crippen LogP contribution in [0.3, 0.4) is 0 Å². The molecule has 28 heavy (non-hydrogen) atoms. The molecule has 0 aliphatic carbocycles. The summed E-state index contributed by atoms with van der Waals surface area (Å²) in [5.74, 6) is -0.284. The van der Waals surface area contributed by atoms with Gasteiger partial charge in [-0.1, -0.05) is 43.6 Å². The number of nitrogens with one attached hydrogen (secondary N) is 1. The van der Waals surface area contributed by atoms with Crippen molar-refractivity contribution in [2.75, 3.05) is 5.32 Å². The van der Waals surface area contributed by atoms with Gasteiger partial charge in [-0.3, -0.25) is 18.7 Å². The smallest absolute Gasteiger partial charge is 0.323 e. The Morgan fingerprint density at radius 1 is 1.11 bits per heavy atom. The Bertz CT molecular complexity index is 1160. The number of para-hydroxylation sites is 1. The average Bonchev–Trinajstić information content (AvgIpc) is 2.64. The van der Waals surface area contributed by atoms with Crippen molar-refractivity contribution in [1.82, 2.24) is 9.13 Å². The van der Waals surface area contributed by atoms with Gasteiger partial charge in [-0.05, 0) is 42.7 Å². The second-order valence-corrected chi connectivity index (χ2v) is 7.63. The van der Waals surface area contributed by atoms with Crippen molar-refractivity contribution < 1.29 is 4.79 Å². The zero-order valence-electron chi connectivity index (χ0n) is 16.0. The highest BCUT2D eigenvalue weighted by atomic mass is 35.5. The molecule has 6 nitrogen and oxygen atoms in total. The van der Waals surface area contributed by atoms with E-state index in [1.54, 1.807) is 36.4 Å². The molecule has 0 aliphatic heterocycles. The van der Waals surface area contributed by atoms with E-state index in [4.69, 9.17) is 11.6 Å². The maximum Gasteiger partial charge on any atom is 0.331 e. The first-order valence-electron chi connectivity index (χ1n) is 9.06. The van der Waals surface area contributed by atoms with E-state index in [0.29, 0.717) is 21.6 Å². The Morgan fingerprint density at radius 3 is 2.50 bits per heavy atom. The summed E-state index contributed by atoms with van der Waals surface area (Å²) in [6, 6.07) is 12.1. The summed E-state index contributed by atoms with van der Waals surface area (Å²) in [7, 11) is 0. The summed E-state index contributed by atoms with van der Waals surface area (Å²) < 4.78 is 2.52. The predicted octanol–water partition coefficient (Wildman–Crippen LogP) is 3.42. The van der Waals surface area contributed by atoms with Crippen LogP contribution in [-0.2, 0) is 17.9 Å². The molecule has 0 unspecified atom stereocenters. The maximum atomic E-state index is 13.0. The van der Waals surface area contributed by atoms with E-state index >= 15 is 0 Å². The molecule has 0 atom stereocenters. The van der Waals surface area contributed by atoms with Crippen LogP contribution in [0, 0.1) is 12.8 Å². The van der Waals surface area contributed by atoms with Crippen molar-refractivity contribution in [2.24, 2.45) is 5.92 Å². The third-order valence-electron chi connectivity index (χ3n) is 4.38.